The van der Waals surface area contributed by atoms with Gasteiger partial charge in [0.15, 0.2) is 3.77 Å². The predicted octanol–water partition coefficient (Wildman–Crippen LogP) is 0.459. The molecule has 0 unspecified atom stereocenters. The van der Waals surface area contributed by atoms with E-state index in [1.165, 1.54) is 0 Å². The van der Waals surface area contributed by atoms with Crippen LogP contribution in [0, 0.1) is 3.77 Å². The fourth-order valence-corrected chi connectivity index (χ4v) is 1.22. The van der Waals surface area contributed by atoms with E-state index in [0.29, 0.717) is 6.54 Å². The Morgan fingerprint density at radius 1 is 1.67 bits per heavy atom. The fourth-order valence-electron chi connectivity index (χ4n) is 0.756. The minimum atomic E-state index is -0.365. The van der Waals surface area contributed by atoms with Gasteiger partial charge in [-0.1, -0.05) is 0 Å². The summed E-state index contributed by atoms with van der Waals surface area (Å²) in [6, 6.07) is 3.72. The lowest BCUT2D eigenvalue weighted by molar-refractivity contribution is -0.117. The minimum absolute atomic E-state index is 0.178. The van der Waals surface area contributed by atoms with Crippen molar-refractivity contribution in [3.05, 3.63) is 21.7 Å². The van der Waals surface area contributed by atoms with Crippen LogP contribution in [-0.4, -0.2) is 12.5 Å². The van der Waals surface area contributed by atoms with Gasteiger partial charge in [0.2, 0.25) is 5.91 Å². The minimum Gasteiger partial charge on any atom is -0.454 e. The van der Waals surface area contributed by atoms with Gasteiger partial charge in [-0.05, 0) is 34.7 Å². The van der Waals surface area contributed by atoms with Crippen LogP contribution in [0.4, 0.5) is 0 Å². The summed E-state index contributed by atoms with van der Waals surface area (Å²) in [5.74, 6) is 0.442. The van der Waals surface area contributed by atoms with Gasteiger partial charge < -0.3 is 15.5 Å². The third kappa shape index (κ3) is 3.22. The highest BCUT2D eigenvalue weighted by atomic mass is 127. The van der Waals surface area contributed by atoms with Crippen LogP contribution in [0.25, 0.3) is 0 Å². The van der Waals surface area contributed by atoms with Crippen LogP contribution in [0.3, 0.4) is 0 Å². The molecule has 0 aliphatic carbocycles. The first-order chi connectivity index (χ1) is 5.68. The standard InChI is InChI=1S/C7H9IN2O2/c8-6-2-1-5(12-6)3-10-4-7(9)11/h1-2,10H,3-4H2,(H2,9,11). The second-order valence-electron chi connectivity index (χ2n) is 2.28. The van der Waals surface area contributed by atoms with Gasteiger partial charge in [0.1, 0.15) is 5.76 Å². The average Bonchev–Trinajstić information content (AvgIpc) is 2.35. The van der Waals surface area contributed by atoms with Crippen LogP contribution in [-0.2, 0) is 11.3 Å². The maximum absolute atomic E-state index is 10.3. The number of hydrogen-bond donors (Lipinski definition) is 2. The first-order valence-corrected chi connectivity index (χ1v) is 4.49. The zero-order valence-electron chi connectivity index (χ0n) is 6.34. The number of halogens is 1. The third-order valence-corrected chi connectivity index (χ3v) is 1.81. The molecule has 0 saturated heterocycles. The maximum atomic E-state index is 10.3. The SMILES string of the molecule is NC(=O)CNCc1ccc(I)o1. The summed E-state index contributed by atoms with van der Waals surface area (Å²) < 4.78 is 6.07. The van der Waals surface area contributed by atoms with Crippen LogP contribution < -0.4 is 11.1 Å². The van der Waals surface area contributed by atoms with Crippen molar-refractivity contribution in [2.24, 2.45) is 5.73 Å². The number of primary amides is 1. The molecule has 0 saturated carbocycles. The summed E-state index contributed by atoms with van der Waals surface area (Å²) in [7, 11) is 0. The van der Waals surface area contributed by atoms with Crippen LogP contribution in [0.15, 0.2) is 16.5 Å². The Labute approximate surface area is 83.6 Å². The molecule has 1 rings (SSSR count). The van der Waals surface area contributed by atoms with Crippen molar-refractivity contribution in [2.75, 3.05) is 6.54 Å². The Balaban J connectivity index is 2.29. The lowest BCUT2D eigenvalue weighted by Gasteiger charge is -1.97. The average molecular weight is 280 g/mol. The number of hydrogen-bond acceptors (Lipinski definition) is 3. The molecule has 0 spiro atoms. The van der Waals surface area contributed by atoms with Gasteiger partial charge in [-0.15, -0.1) is 0 Å². The Morgan fingerprint density at radius 3 is 2.92 bits per heavy atom. The first kappa shape index (κ1) is 9.53. The molecule has 4 nitrogen and oxygen atoms in total. The van der Waals surface area contributed by atoms with Crippen molar-refractivity contribution in [1.29, 1.82) is 0 Å². The molecule has 1 heterocycles. The number of nitrogens with one attached hydrogen (secondary N) is 1. The third-order valence-electron chi connectivity index (χ3n) is 1.23. The molecule has 0 aliphatic heterocycles. The van der Waals surface area contributed by atoms with E-state index in [-0.39, 0.29) is 12.5 Å². The van der Waals surface area contributed by atoms with Crippen molar-refractivity contribution in [1.82, 2.24) is 5.32 Å². The van der Waals surface area contributed by atoms with E-state index in [0.717, 1.165) is 9.53 Å². The lowest BCUT2D eigenvalue weighted by atomic mass is 10.4. The van der Waals surface area contributed by atoms with Crippen molar-refractivity contribution < 1.29 is 9.21 Å². The number of amides is 1. The molecule has 1 amide bonds. The maximum Gasteiger partial charge on any atom is 0.231 e. The van der Waals surface area contributed by atoms with Crippen LogP contribution in [0.5, 0.6) is 0 Å². The molecule has 3 N–H and O–H groups in total. The van der Waals surface area contributed by atoms with Gasteiger partial charge in [0.25, 0.3) is 0 Å². The Hall–Kier alpha value is -0.560. The van der Waals surface area contributed by atoms with Crippen molar-refractivity contribution in [2.45, 2.75) is 6.54 Å². The number of nitrogens with two attached hydrogens (primary N) is 1. The van der Waals surface area contributed by atoms with E-state index in [9.17, 15) is 4.79 Å². The van der Waals surface area contributed by atoms with Gasteiger partial charge in [-0.3, -0.25) is 4.79 Å². The van der Waals surface area contributed by atoms with E-state index in [4.69, 9.17) is 10.2 Å². The highest BCUT2D eigenvalue weighted by Gasteiger charge is 1.99. The molecule has 5 heteroatoms. The lowest BCUT2D eigenvalue weighted by Crippen LogP contribution is -2.27. The van der Waals surface area contributed by atoms with E-state index < -0.39 is 0 Å². The summed E-state index contributed by atoms with van der Waals surface area (Å²) in [6.45, 7) is 0.712. The number of carbonyl (C=O) groups excluding carboxylic acids is 1. The molecule has 0 aliphatic rings. The Bertz CT molecular complexity index is 272. The van der Waals surface area contributed by atoms with E-state index in [1.54, 1.807) is 0 Å². The van der Waals surface area contributed by atoms with Crippen molar-refractivity contribution in [3.8, 4) is 0 Å². The molecule has 66 valence electrons. The zero-order chi connectivity index (χ0) is 8.97. The topological polar surface area (TPSA) is 68.3 Å². The number of rotatable bonds is 4. The Kier molecular flexibility index (Phi) is 3.54. The van der Waals surface area contributed by atoms with E-state index in [1.807, 2.05) is 12.1 Å². The van der Waals surface area contributed by atoms with Gasteiger partial charge in [-0.25, -0.2) is 0 Å². The monoisotopic (exact) mass is 280 g/mol. The summed E-state index contributed by atoms with van der Waals surface area (Å²) in [5.41, 5.74) is 4.93. The normalized spacial score (nSPS) is 10.1. The first-order valence-electron chi connectivity index (χ1n) is 3.41. The molecule has 0 fully saturated rings. The molecule has 0 aromatic carbocycles. The van der Waals surface area contributed by atoms with Gasteiger partial charge in [0, 0.05) is 0 Å². The molecular formula is C7H9IN2O2. The summed E-state index contributed by atoms with van der Waals surface area (Å²) in [5, 5.41) is 2.84. The van der Waals surface area contributed by atoms with Crippen LogP contribution >= 0.6 is 22.6 Å². The summed E-state index contributed by atoms with van der Waals surface area (Å²) in [4.78, 5) is 10.3. The molecule has 0 radical (unpaired) electrons. The van der Waals surface area contributed by atoms with Crippen LogP contribution in [0.1, 0.15) is 5.76 Å². The van der Waals surface area contributed by atoms with E-state index in [2.05, 4.69) is 27.9 Å². The fraction of sp³-hybridized carbons (Fsp3) is 0.286. The second kappa shape index (κ2) is 4.46. The molecule has 1 aromatic heterocycles. The number of carbonyl (C=O) groups is 1. The van der Waals surface area contributed by atoms with Crippen molar-refractivity contribution >= 4 is 28.5 Å². The van der Waals surface area contributed by atoms with E-state index >= 15 is 0 Å². The highest BCUT2D eigenvalue weighted by molar-refractivity contribution is 14.1. The predicted molar refractivity (Wildman–Crippen MR) is 52.3 cm³/mol. The Morgan fingerprint density at radius 2 is 2.42 bits per heavy atom. The largest absolute Gasteiger partial charge is 0.454 e. The molecule has 12 heavy (non-hydrogen) atoms. The van der Waals surface area contributed by atoms with Gasteiger partial charge >= 0.3 is 0 Å². The van der Waals surface area contributed by atoms with Gasteiger partial charge in [-0.2, -0.15) is 0 Å². The quantitative estimate of drug-likeness (QED) is 0.787. The smallest absolute Gasteiger partial charge is 0.231 e. The summed E-state index contributed by atoms with van der Waals surface area (Å²) >= 11 is 2.08. The van der Waals surface area contributed by atoms with Crippen molar-refractivity contribution in [3.63, 3.8) is 0 Å². The molecule has 0 atom stereocenters. The second-order valence-corrected chi connectivity index (χ2v) is 3.34. The molecule has 0 bridgehead atoms. The molecule has 1 aromatic rings. The van der Waals surface area contributed by atoms with Crippen LogP contribution in [0.2, 0.25) is 0 Å². The zero-order valence-corrected chi connectivity index (χ0v) is 8.50. The summed E-state index contributed by atoms with van der Waals surface area (Å²) in [6.07, 6.45) is 0. The van der Waals surface area contributed by atoms with Gasteiger partial charge in [0.05, 0.1) is 13.1 Å². The highest BCUT2D eigenvalue weighted by Crippen LogP contribution is 2.09. The number of furan rings is 1. The molecular weight excluding hydrogens is 271 g/mol.